The number of nitrogens with zero attached hydrogens (tertiary/aromatic N) is 1. The molecule has 0 aromatic heterocycles. The van der Waals surface area contributed by atoms with Gasteiger partial charge in [-0.2, -0.15) is 13.2 Å². The van der Waals surface area contributed by atoms with Crippen molar-refractivity contribution in [2.24, 2.45) is 0 Å². The quantitative estimate of drug-likeness (QED) is 0.696. The number of nitrogens with one attached hydrogen (secondary N) is 1. The average molecular weight is 400 g/mol. The summed E-state index contributed by atoms with van der Waals surface area (Å²) < 4.78 is 37.8. The third kappa shape index (κ3) is 5.13. The molecule has 4 nitrogen and oxygen atoms in total. The number of alkyl halides is 3. The number of halogens is 3. The van der Waals surface area contributed by atoms with Gasteiger partial charge >= 0.3 is 6.18 Å². The molecule has 0 spiro atoms. The maximum Gasteiger partial charge on any atom is 0.416 e. The molecule has 3 aromatic rings. The summed E-state index contributed by atoms with van der Waals surface area (Å²) in [6.45, 7) is -0.0639. The Kier molecular flexibility index (Phi) is 5.87. The van der Waals surface area contributed by atoms with Crippen molar-refractivity contribution in [3.05, 3.63) is 83.4 Å². The molecule has 0 fully saturated rings. The summed E-state index contributed by atoms with van der Waals surface area (Å²) in [5.41, 5.74) is 0.273. The number of benzene rings is 3. The van der Waals surface area contributed by atoms with Crippen LogP contribution in [0.25, 0.3) is 10.8 Å². The molecular weight excluding hydrogens is 381 g/mol. The Labute approximate surface area is 165 Å². The standard InChI is InChI=1S/C22H19F3N2O2/c1-27(14-15-6-10-19(11-7-15)22(23,24)25)20(28)13-26-21(29)18-9-8-16-4-2-3-5-17(16)12-18/h2-12H,13-14H2,1H3,(H,26,29). The first kappa shape index (κ1) is 20.4. The Balaban J connectivity index is 1.55. The Morgan fingerprint density at radius 3 is 2.24 bits per heavy atom. The number of hydrogen-bond acceptors (Lipinski definition) is 2. The largest absolute Gasteiger partial charge is 0.416 e. The van der Waals surface area contributed by atoms with E-state index in [0.29, 0.717) is 11.1 Å². The lowest BCUT2D eigenvalue weighted by atomic mass is 10.1. The van der Waals surface area contributed by atoms with Crippen molar-refractivity contribution in [3.63, 3.8) is 0 Å². The summed E-state index contributed by atoms with van der Waals surface area (Å²) in [4.78, 5) is 25.9. The molecule has 0 saturated carbocycles. The summed E-state index contributed by atoms with van der Waals surface area (Å²) in [7, 11) is 1.53. The van der Waals surface area contributed by atoms with Crippen molar-refractivity contribution in [1.82, 2.24) is 10.2 Å². The summed E-state index contributed by atoms with van der Waals surface area (Å²) in [5, 5.41) is 4.51. The number of likely N-dealkylation sites (N-methyl/N-ethyl adjacent to an activating group) is 1. The highest BCUT2D eigenvalue weighted by Gasteiger charge is 2.30. The van der Waals surface area contributed by atoms with Crippen LogP contribution in [0, 0.1) is 0 Å². The zero-order valence-electron chi connectivity index (χ0n) is 15.7. The van der Waals surface area contributed by atoms with Crippen LogP contribution in [0.15, 0.2) is 66.7 Å². The monoisotopic (exact) mass is 400 g/mol. The van der Waals surface area contributed by atoms with Crippen molar-refractivity contribution in [3.8, 4) is 0 Å². The first-order valence-corrected chi connectivity index (χ1v) is 8.91. The average Bonchev–Trinajstić information content (AvgIpc) is 2.71. The van der Waals surface area contributed by atoms with Crippen LogP contribution < -0.4 is 5.32 Å². The summed E-state index contributed by atoms with van der Waals surface area (Å²) in [6.07, 6.45) is -4.40. The second-order valence-electron chi connectivity index (χ2n) is 6.69. The van der Waals surface area contributed by atoms with Gasteiger partial charge in [-0.1, -0.05) is 42.5 Å². The minimum atomic E-state index is -4.40. The van der Waals surface area contributed by atoms with Gasteiger partial charge in [0, 0.05) is 19.2 Å². The molecule has 0 aliphatic heterocycles. The molecular formula is C22H19F3N2O2. The summed E-state index contributed by atoms with van der Waals surface area (Å²) in [6, 6.07) is 17.5. The summed E-state index contributed by atoms with van der Waals surface area (Å²) in [5.74, 6) is -0.717. The van der Waals surface area contributed by atoms with E-state index < -0.39 is 11.7 Å². The van der Waals surface area contributed by atoms with Gasteiger partial charge in [-0.3, -0.25) is 9.59 Å². The van der Waals surface area contributed by atoms with Crippen LogP contribution in [0.5, 0.6) is 0 Å². The molecule has 29 heavy (non-hydrogen) atoms. The molecule has 0 unspecified atom stereocenters. The molecule has 0 radical (unpaired) electrons. The number of hydrogen-bond donors (Lipinski definition) is 1. The minimum absolute atomic E-state index is 0.142. The van der Waals surface area contributed by atoms with Crippen molar-refractivity contribution in [1.29, 1.82) is 0 Å². The van der Waals surface area contributed by atoms with E-state index in [9.17, 15) is 22.8 Å². The predicted octanol–water partition coefficient (Wildman–Crippen LogP) is 4.25. The fourth-order valence-electron chi connectivity index (χ4n) is 2.88. The molecule has 0 bridgehead atoms. The molecule has 0 saturated heterocycles. The van der Waals surface area contributed by atoms with Crippen molar-refractivity contribution in [2.75, 3.05) is 13.6 Å². The van der Waals surface area contributed by atoms with E-state index in [1.165, 1.54) is 24.1 Å². The zero-order valence-corrected chi connectivity index (χ0v) is 15.7. The number of fused-ring (bicyclic) bond motifs is 1. The third-order valence-electron chi connectivity index (χ3n) is 4.54. The zero-order chi connectivity index (χ0) is 21.0. The van der Waals surface area contributed by atoms with Gasteiger partial charge in [0.2, 0.25) is 5.91 Å². The van der Waals surface area contributed by atoms with Crippen molar-refractivity contribution >= 4 is 22.6 Å². The lowest BCUT2D eigenvalue weighted by Crippen LogP contribution is -2.37. The van der Waals surface area contributed by atoms with E-state index in [1.807, 2.05) is 30.3 Å². The van der Waals surface area contributed by atoms with Crippen molar-refractivity contribution in [2.45, 2.75) is 12.7 Å². The van der Waals surface area contributed by atoms with Crippen LogP contribution in [0.3, 0.4) is 0 Å². The molecule has 1 N–H and O–H groups in total. The van der Waals surface area contributed by atoms with E-state index in [-0.39, 0.29) is 24.9 Å². The third-order valence-corrected chi connectivity index (χ3v) is 4.54. The van der Waals surface area contributed by atoms with Crippen LogP contribution in [-0.4, -0.2) is 30.3 Å². The highest BCUT2D eigenvalue weighted by molar-refractivity contribution is 5.99. The van der Waals surface area contributed by atoms with Crippen LogP contribution in [0.1, 0.15) is 21.5 Å². The second kappa shape index (κ2) is 8.34. The second-order valence-corrected chi connectivity index (χ2v) is 6.69. The molecule has 0 aliphatic carbocycles. The van der Waals surface area contributed by atoms with E-state index in [0.717, 1.165) is 22.9 Å². The first-order chi connectivity index (χ1) is 13.7. The lowest BCUT2D eigenvalue weighted by Gasteiger charge is -2.18. The Morgan fingerprint density at radius 1 is 0.931 bits per heavy atom. The number of carbonyl (C=O) groups is 2. The number of rotatable bonds is 5. The number of carbonyl (C=O) groups excluding carboxylic acids is 2. The Morgan fingerprint density at radius 2 is 1.59 bits per heavy atom. The van der Waals surface area contributed by atoms with Crippen LogP contribution in [-0.2, 0) is 17.5 Å². The normalized spacial score (nSPS) is 11.3. The summed E-state index contributed by atoms with van der Waals surface area (Å²) >= 11 is 0. The highest BCUT2D eigenvalue weighted by atomic mass is 19.4. The predicted molar refractivity (Wildman–Crippen MR) is 104 cm³/mol. The highest BCUT2D eigenvalue weighted by Crippen LogP contribution is 2.29. The van der Waals surface area contributed by atoms with Gasteiger partial charge in [-0.15, -0.1) is 0 Å². The molecule has 0 aliphatic rings. The van der Waals surface area contributed by atoms with E-state index >= 15 is 0 Å². The smallest absolute Gasteiger partial charge is 0.343 e. The molecule has 3 rings (SSSR count). The van der Waals surface area contributed by atoms with Gasteiger partial charge in [0.05, 0.1) is 12.1 Å². The van der Waals surface area contributed by atoms with E-state index in [4.69, 9.17) is 0 Å². The van der Waals surface area contributed by atoms with Gasteiger partial charge in [-0.25, -0.2) is 0 Å². The molecule has 0 atom stereocenters. The maximum atomic E-state index is 12.6. The topological polar surface area (TPSA) is 49.4 Å². The van der Waals surface area contributed by atoms with E-state index in [1.54, 1.807) is 12.1 Å². The molecule has 0 heterocycles. The number of amides is 2. The van der Waals surface area contributed by atoms with Crippen LogP contribution in [0.4, 0.5) is 13.2 Å². The Hall–Kier alpha value is -3.35. The van der Waals surface area contributed by atoms with Crippen LogP contribution >= 0.6 is 0 Å². The molecule has 2 amide bonds. The Bertz CT molecular complexity index is 1030. The minimum Gasteiger partial charge on any atom is -0.343 e. The molecule has 7 heteroatoms. The van der Waals surface area contributed by atoms with E-state index in [2.05, 4.69) is 5.32 Å². The van der Waals surface area contributed by atoms with Gasteiger partial charge in [0.15, 0.2) is 0 Å². The van der Waals surface area contributed by atoms with Gasteiger partial charge in [0.25, 0.3) is 5.91 Å². The molecule has 3 aromatic carbocycles. The van der Waals surface area contributed by atoms with Gasteiger partial charge in [-0.05, 0) is 40.6 Å². The first-order valence-electron chi connectivity index (χ1n) is 8.91. The lowest BCUT2D eigenvalue weighted by molar-refractivity contribution is -0.137. The fraction of sp³-hybridized carbons (Fsp3) is 0.182. The fourth-order valence-corrected chi connectivity index (χ4v) is 2.88. The SMILES string of the molecule is CN(Cc1ccc(C(F)(F)F)cc1)C(=O)CNC(=O)c1ccc2ccccc2c1. The van der Waals surface area contributed by atoms with Crippen LogP contribution in [0.2, 0.25) is 0 Å². The van der Waals surface area contributed by atoms with Gasteiger partial charge in [0.1, 0.15) is 0 Å². The van der Waals surface area contributed by atoms with Gasteiger partial charge < -0.3 is 10.2 Å². The molecule has 150 valence electrons. The van der Waals surface area contributed by atoms with Crippen molar-refractivity contribution < 1.29 is 22.8 Å². The maximum absolute atomic E-state index is 12.6.